The smallest absolute Gasteiger partial charge is 0.164 e. The molecule has 0 aromatic heterocycles. The van der Waals surface area contributed by atoms with Gasteiger partial charge in [0.05, 0.1) is 33.5 Å². The predicted molar refractivity (Wildman–Crippen MR) is 64.7 cm³/mol. The fourth-order valence-electron chi connectivity index (χ4n) is 1.57. The summed E-state index contributed by atoms with van der Waals surface area (Å²) in [5, 5.41) is 9.53. The first-order valence-corrected chi connectivity index (χ1v) is 5.28. The van der Waals surface area contributed by atoms with Crippen LogP contribution in [0.15, 0.2) is 12.1 Å². The minimum Gasteiger partial charge on any atom is -0.496 e. The molecule has 1 aromatic rings. The number of nitrogens with two attached hydrogens (primary N) is 1. The van der Waals surface area contributed by atoms with Crippen LogP contribution >= 0.6 is 0 Å². The van der Waals surface area contributed by atoms with Crippen molar-refractivity contribution in [2.75, 3.05) is 21.3 Å². The van der Waals surface area contributed by atoms with Crippen molar-refractivity contribution in [3.05, 3.63) is 17.7 Å². The van der Waals surface area contributed by atoms with Crippen LogP contribution in [0.3, 0.4) is 0 Å². The van der Waals surface area contributed by atoms with E-state index in [9.17, 15) is 5.11 Å². The molecule has 0 heterocycles. The van der Waals surface area contributed by atoms with Crippen LogP contribution in [0, 0.1) is 0 Å². The summed E-state index contributed by atoms with van der Waals surface area (Å²) in [6.45, 7) is 1.63. The Kier molecular flexibility index (Phi) is 4.60. The van der Waals surface area contributed by atoms with E-state index >= 15 is 0 Å². The second-order valence-electron chi connectivity index (χ2n) is 3.72. The minimum atomic E-state index is -0.679. The van der Waals surface area contributed by atoms with Gasteiger partial charge in [0.1, 0.15) is 5.75 Å². The molecule has 0 aliphatic heterocycles. The molecule has 17 heavy (non-hydrogen) atoms. The Balaban J connectivity index is 3.28. The number of methoxy groups -OCH3 is 3. The lowest BCUT2D eigenvalue weighted by molar-refractivity contribution is 0.162. The molecule has 0 spiro atoms. The van der Waals surface area contributed by atoms with Crippen molar-refractivity contribution in [3.63, 3.8) is 0 Å². The van der Waals surface area contributed by atoms with Crippen LogP contribution in [0.25, 0.3) is 0 Å². The lowest BCUT2D eigenvalue weighted by Gasteiger charge is -2.20. The van der Waals surface area contributed by atoms with E-state index in [0.29, 0.717) is 22.8 Å². The molecular formula is C12H19NO4. The summed E-state index contributed by atoms with van der Waals surface area (Å²) in [5.74, 6) is 1.68. The topological polar surface area (TPSA) is 73.9 Å². The van der Waals surface area contributed by atoms with Crippen LogP contribution in [0.1, 0.15) is 18.5 Å². The lowest BCUT2D eigenvalue weighted by Crippen LogP contribution is -2.23. The van der Waals surface area contributed by atoms with E-state index in [2.05, 4.69) is 0 Å². The van der Waals surface area contributed by atoms with Gasteiger partial charge >= 0.3 is 0 Å². The predicted octanol–water partition coefficient (Wildman–Crippen LogP) is 1.09. The van der Waals surface area contributed by atoms with Crippen molar-refractivity contribution in [2.24, 2.45) is 5.73 Å². The number of aliphatic hydroxyl groups excluding tert-OH is 1. The first-order valence-electron chi connectivity index (χ1n) is 5.28. The molecule has 5 heteroatoms. The molecule has 1 aromatic carbocycles. The Labute approximate surface area is 101 Å². The van der Waals surface area contributed by atoms with Crippen LogP contribution in [0.2, 0.25) is 0 Å². The van der Waals surface area contributed by atoms with Gasteiger partial charge in [-0.05, 0) is 13.0 Å². The van der Waals surface area contributed by atoms with Gasteiger partial charge in [-0.15, -0.1) is 0 Å². The summed E-state index contributed by atoms with van der Waals surface area (Å²) < 4.78 is 15.6. The maximum absolute atomic E-state index is 9.53. The molecule has 0 bridgehead atoms. The van der Waals surface area contributed by atoms with Gasteiger partial charge in [0.25, 0.3) is 0 Å². The van der Waals surface area contributed by atoms with Crippen LogP contribution in [0.5, 0.6) is 17.2 Å². The third kappa shape index (κ3) is 2.81. The van der Waals surface area contributed by atoms with Crippen molar-refractivity contribution < 1.29 is 19.3 Å². The van der Waals surface area contributed by atoms with E-state index in [0.717, 1.165) is 0 Å². The highest BCUT2D eigenvalue weighted by molar-refractivity contribution is 5.52. The summed E-state index contributed by atoms with van der Waals surface area (Å²) in [5.41, 5.74) is 6.58. The summed E-state index contributed by atoms with van der Waals surface area (Å²) >= 11 is 0. The molecule has 3 N–H and O–H groups in total. The number of benzene rings is 1. The zero-order valence-electron chi connectivity index (χ0n) is 10.6. The standard InChI is InChI=1S/C12H19NO4/c1-7(14)12(13)8-5-10(16-3)11(17-4)6-9(8)15-2/h5-7,12,14H,13H2,1-4H3/t7-,12-/m0/s1. The quantitative estimate of drug-likeness (QED) is 0.807. The number of ether oxygens (including phenoxy) is 3. The van der Waals surface area contributed by atoms with Gasteiger partial charge in [-0.1, -0.05) is 0 Å². The van der Waals surface area contributed by atoms with Gasteiger partial charge in [0.15, 0.2) is 11.5 Å². The monoisotopic (exact) mass is 241 g/mol. The Bertz CT molecular complexity index is 379. The first kappa shape index (κ1) is 13.6. The highest BCUT2D eigenvalue weighted by Gasteiger charge is 2.20. The molecule has 5 nitrogen and oxygen atoms in total. The molecule has 96 valence electrons. The van der Waals surface area contributed by atoms with Gasteiger partial charge in [0.2, 0.25) is 0 Å². The highest BCUT2D eigenvalue weighted by Crippen LogP contribution is 2.37. The largest absolute Gasteiger partial charge is 0.496 e. The first-order chi connectivity index (χ1) is 8.04. The van der Waals surface area contributed by atoms with E-state index in [1.807, 2.05) is 0 Å². The number of rotatable bonds is 5. The number of hydrogen-bond donors (Lipinski definition) is 2. The highest BCUT2D eigenvalue weighted by atomic mass is 16.5. The molecule has 0 radical (unpaired) electrons. The third-order valence-electron chi connectivity index (χ3n) is 2.61. The van der Waals surface area contributed by atoms with Gasteiger partial charge in [0, 0.05) is 11.6 Å². The van der Waals surface area contributed by atoms with Gasteiger partial charge in [-0.25, -0.2) is 0 Å². The molecule has 0 aliphatic rings. The zero-order chi connectivity index (χ0) is 13.0. The SMILES string of the molecule is COc1cc(OC)c([C@@H](N)[C@H](C)O)cc1OC. The molecule has 0 saturated carbocycles. The van der Waals surface area contributed by atoms with Crippen LogP contribution in [-0.4, -0.2) is 32.5 Å². The Hall–Kier alpha value is -1.46. The zero-order valence-corrected chi connectivity index (χ0v) is 10.6. The maximum atomic E-state index is 9.53. The van der Waals surface area contributed by atoms with Crippen molar-refractivity contribution in [2.45, 2.75) is 19.1 Å². The van der Waals surface area contributed by atoms with Gasteiger partial charge < -0.3 is 25.1 Å². The summed E-state index contributed by atoms with van der Waals surface area (Å²) in [6.07, 6.45) is -0.679. The van der Waals surface area contributed by atoms with E-state index < -0.39 is 12.1 Å². The van der Waals surface area contributed by atoms with Crippen molar-refractivity contribution in [3.8, 4) is 17.2 Å². The van der Waals surface area contributed by atoms with Crippen LogP contribution in [0.4, 0.5) is 0 Å². The Morgan fingerprint density at radius 3 is 1.88 bits per heavy atom. The molecule has 1 rings (SSSR count). The molecule has 2 atom stereocenters. The Morgan fingerprint density at radius 2 is 1.47 bits per heavy atom. The van der Waals surface area contributed by atoms with E-state index in [1.165, 1.54) is 0 Å². The third-order valence-corrected chi connectivity index (χ3v) is 2.61. The fourth-order valence-corrected chi connectivity index (χ4v) is 1.57. The second kappa shape index (κ2) is 5.75. The molecule has 0 amide bonds. The van der Waals surface area contributed by atoms with Gasteiger partial charge in [-0.3, -0.25) is 0 Å². The average molecular weight is 241 g/mol. The van der Waals surface area contributed by atoms with Crippen molar-refractivity contribution >= 4 is 0 Å². The normalized spacial score (nSPS) is 14.0. The van der Waals surface area contributed by atoms with Crippen LogP contribution in [-0.2, 0) is 0 Å². The number of aliphatic hydroxyl groups is 1. The lowest BCUT2D eigenvalue weighted by atomic mass is 10.0. The van der Waals surface area contributed by atoms with Crippen molar-refractivity contribution in [1.29, 1.82) is 0 Å². The summed E-state index contributed by atoms with van der Waals surface area (Å²) in [7, 11) is 4.63. The summed E-state index contributed by atoms with van der Waals surface area (Å²) in [6, 6.07) is 2.87. The average Bonchev–Trinajstić information content (AvgIpc) is 2.35. The fraction of sp³-hybridized carbons (Fsp3) is 0.500. The van der Waals surface area contributed by atoms with Crippen molar-refractivity contribution in [1.82, 2.24) is 0 Å². The Morgan fingerprint density at radius 1 is 1.00 bits per heavy atom. The second-order valence-corrected chi connectivity index (χ2v) is 3.72. The van der Waals surface area contributed by atoms with Crippen LogP contribution < -0.4 is 19.9 Å². The van der Waals surface area contributed by atoms with E-state index in [4.69, 9.17) is 19.9 Å². The maximum Gasteiger partial charge on any atom is 0.164 e. The molecule has 0 aliphatic carbocycles. The van der Waals surface area contributed by atoms with E-state index in [1.54, 1.807) is 40.4 Å². The molecule has 0 saturated heterocycles. The minimum absolute atomic E-state index is 0.537. The molecule has 0 unspecified atom stereocenters. The van der Waals surface area contributed by atoms with E-state index in [-0.39, 0.29) is 0 Å². The summed E-state index contributed by atoms with van der Waals surface area (Å²) in [4.78, 5) is 0. The van der Waals surface area contributed by atoms with Gasteiger partial charge in [-0.2, -0.15) is 0 Å². The molecular weight excluding hydrogens is 222 g/mol. The number of hydrogen-bond acceptors (Lipinski definition) is 5. The molecule has 0 fully saturated rings.